The number of hydrogen-bond acceptors (Lipinski definition) is 2. The van der Waals surface area contributed by atoms with Gasteiger partial charge in [-0.25, -0.2) is 4.39 Å². The van der Waals surface area contributed by atoms with E-state index in [0.29, 0.717) is 24.4 Å². The Kier molecular flexibility index (Phi) is 5.26. The molecule has 1 heterocycles. The van der Waals surface area contributed by atoms with Crippen LogP contribution in [0.5, 0.6) is 5.75 Å². The van der Waals surface area contributed by atoms with E-state index in [0.717, 1.165) is 22.2 Å². The molecule has 5 heteroatoms. The summed E-state index contributed by atoms with van der Waals surface area (Å²) in [6.45, 7) is 7.29. The van der Waals surface area contributed by atoms with Crippen molar-refractivity contribution in [3.63, 3.8) is 0 Å². The van der Waals surface area contributed by atoms with Gasteiger partial charge in [-0.05, 0) is 50.6 Å². The van der Waals surface area contributed by atoms with Crippen molar-refractivity contribution in [1.29, 1.82) is 0 Å². The molecule has 2 aromatic carbocycles. The summed E-state index contributed by atoms with van der Waals surface area (Å²) in [5, 5.41) is 3.84. The molecule has 0 spiro atoms. The quantitative estimate of drug-likeness (QED) is 0.711. The average molecular weight is 354 g/mol. The number of ether oxygens (including phenoxy) is 1. The van der Waals surface area contributed by atoms with E-state index in [1.54, 1.807) is 18.2 Å². The summed E-state index contributed by atoms with van der Waals surface area (Å²) in [4.78, 5) is 12.8. The van der Waals surface area contributed by atoms with Gasteiger partial charge < -0.3 is 14.6 Å². The summed E-state index contributed by atoms with van der Waals surface area (Å²) >= 11 is 0. The number of fused-ring (bicyclic) bond motifs is 1. The van der Waals surface area contributed by atoms with E-state index in [1.807, 2.05) is 43.5 Å². The Morgan fingerprint density at radius 3 is 2.65 bits per heavy atom. The van der Waals surface area contributed by atoms with Crippen LogP contribution in [0.25, 0.3) is 10.9 Å². The number of carbonyl (C=O) groups is 1. The Hall–Kier alpha value is -2.82. The molecule has 4 nitrogen and oxygen atoms in total. The predicted molar refractivity (Wildman–Crippen MR) is 101 cm³/mol. The third-order valence-electron chi connectivity index (χ3n) is 4.53. The van der Waals surface area contributed by atoms with Crippen LogP contribution in [0.15, 0.2) is 42.5 Å². The van der Waals surface area contributed by atoms with Crippen LogP contribution in [0.2, 0.25) is 0 Å². The van der Waals surface area contributed by atoms with Crippen molar-refractivity contribution in [2.45, 2.75) is 33.9 Å². The van der Waals surface area contributed by atoms with Gasteiger partial charge in [0.2, 0.25) is 0 Å². The minimum atomic E-state index is -0.318. The second-order valence-electron chi connectivity index (χ2n) is 6.10. The number of rotatable bonds is 6. The van der Waals surface area contributed by atoms with Gasteiger partial charge in [0.05, 0.1) is 6.61 Å². The van der Waals surface area contributed by atoms with Crippen molar-refractivity contribution < 1.29 is 13.9 Å². The van der Waals surface area contributed by atoms with Crippen molar-refractivity contribution >= 4 is 16.8 Å². The zero-order chi connectivity index (χ0) is 18.7. The summed E-state index contributed by atoms with van der Waals surface area (Å²) in [6.07, 6.45) is 0. The number of hydrogen-bond donors (Lipinski definition) is 1. The van der Waals surface area contributed by atoms with Crippen molar-refractivity contribution in [1.82, 2.24) is 9.88 Å². The topological polar surface area (TPSA) is 43.3 Å². The van der Waals surface area contributed by atoms with Crippen molar-refractivity contribution in [2.24, 2.45) is 0 Å². The minimum Gasteiger partial charge on any atom is -0.494 e. The maximum atomic E-state index is 13.8. The molecule has 26 heavy (non-hydrogen) atoms. The molecule has 0 atom stereocenters. The molecular formula is C21H23FN2O2. The van der Waals surface area contributed by atoms with Crippen molar-refractivity contribution in [3.8, 4) is 5.75 Å². The second kappa shape index (κ2) is 7.60. The number of halogens is 1. The van der Waals surface area contributed by atoms with E-state index >= 15 is 0 Å². The van der Waals surface area contributed by atoms with Crippen LogP contribution < -0.4 is 10.1 Å². The zero-order valence-electron chi connectivity index (χ0n) is 15.3. The van der Waals surface area contributed by atoms with E-state index in [9.17, 15) is 9.18 Å². The first kappa shape index (κ1) is 18.0. The van der Waals surface area contributed by atoms with Crippen LogP contribution >= 0.6 is 0 Å². The van der Waals surface area contributed by atoms with Crippen LogP contribution in [-0.2, 0) is 13.1 Å². The number of benzene rings is 2. The van der Waals surface area contributed by atoms with Gasteiger partial charge in [0.15, 0.2) is 0 Å². The smallest absolute Gasteiger partial charge is 0.268 e. The van der Waals surface area contributed by atoms with E-state index < -0.39 is 0 Å². The van der Waals surface area contributed by atoms with Gasteiger partial charge in [-0.2, -0.15) is 0 Å². The number of amides is 1. The molecule has 0 radical (unpaired) electrons. The van der Waals surface area contributed by atoms with Gasteiger partial charge in [-0.3, -0.25) is 4.79 Å². The summed E-state index contributed by atoms with van der Waals surface area (Å²) in [6, 6.07) is 12.3. The Balaban J connectivity index is 1.94. The average Bonchev–Trinajstić information content (AvgIpc) is 2.93. The Morgan fingerprint density at radius 1 is 1.19 bits per heavy atom. The fourth-order valence-corrected chi connectivity index (χ4v) is 3.28. The van der Waals surface area contributed by atoms with E-state index in [-0.39, 0.29) is 18.3 Å². The summed E-state index contributed by atoms with van der Waals surface area (Å²) < 4.78 is 21.3. The molecule has 0 bridgehead atoms. The first-order valence-electron chi connectivity index (χ1n) is 8.84. The number of nitrogens with one attached hydrogen (secondary N) is 1. The Labute approximate surface area is 152 Å². The molecule has 0 aliphatic heterocycles. The third-order valence-corrected chi connectivity index (χ3v) is 4.53. The number of aromatic nitrogens is 1. The lowest BCUT2D eigenvalue weighted by atomic mass is 10.1. The highest BCUT2D eigenvalue weighted by Gasteiger charge is 2.20. The highest BCUT2D eigenvalue weighted by molar-refractivity contribution is 6.02. The third kappa shape index (κ3) is 3.29. The minimum absolute atomic E-state index is 0.153. The van der Waals surface area contributed by atoms with Gasteiger partial charge in [-0.1, -0.05) is 18.2 Å². The van der Waals surface area contributed by atoms with E-state index in [4.69, 9.17) is 4.74 Å². The highest BCUT2D eigenvalue weighted by atomic mass is 19.1. The summed E-state index contributed by atoms with van der Waals surface area (Å²) in [5.41, 5.74) is 2.96. The van der Waals surface area contributed by atoms with E-state index in [1.165, 1.54) is 6.07 Å². The number of carbonyl (C=O) groups excluding carboxylic acids is 1. The highest BCUT2D eigenvalue weighted by Crippen LogP contribution is 2.29. The molecule has 3 aromatic rings. The predicted octanol–water partition coefficient (Wildman–Crippen LogP) is 4.44. The maximum Gasteiger partial charge on any atom is 0.268 e. The molecule has 1 N–H and O–H groups in total. The molecule has 0 aliphatic rings. The molecular weight excluding hydrogens is 331 g/mol. The molecule has 0 unspecified atom stereocenters. The fraction of sp³-hybridized carbons (Fsp3) is 0.286. The number of nitrogens with zero attached hydrogens (tertiary/aromatic N) is 1. The standard InChI is InChI=1S/C21H23FN2O2/c1-4-24-19-11-10-16(26-5-2)12-17(19)14(3)20(24)21(25)23-13-15-8-6-7-9-18(15)22/h6-12H,4-5,13H2,1-3H3,(H,23,25). The molecule has 136 valence electrons. The molecule has 0 saturated heterocycles. The van der Waals surface area contributed by atoms with Gasteiger partial charge in [0, 0.05) is 29.6 Å². The second-order valence-corrected chi connectivity index (χ2v) is 6.10. The van der Waals surface area contributed by atoms with Gasteiger partial charge in [0.25, 0.3) is 5.91 Å². The molecule has 1 amide bonds. The lowest BCUT2D eigenvalue weighted by Gasteiger charge is -2.10. The normalized spacial score (nSPS) is 10.9. The largest absolute Gasteiger partial charge is 0.494 e. The first-order valence-corrected chi connectivity index (χ1v) is 8.84. The lowest BCUT2D eigenvalue weighted by molar-refractivity contribution is 0.0941. The fourth-order valence-electron chi connectivity index (χ4n) is 3.28. The van der Waals surface area contributed by atoms with Crippen LogP contribution in [0.3, 0.4) is 0 Å². The first-order chi connectivity index (χ1) is 12.6. The van der Waals surface area contributed by atoms with Crippen LogP contribution in [-0.4, -0.2) is 17.1 Å². The maximum absolute atomic E-state index is 13.8. The van der Waals surface area contributed by atoms with Crippen LogP contribution in [0.4, 0.5) is 4.39 Å². The van der Waals surface area contributed by atoms with E-state index in [2.05, 4.69) is 5.32 Å². The lowest BCUT2D eigenvalue weighted by Crippen LogP contribution is -2.26. The zero-order valence-corrected chi connectivity index (χ0v) is 15.3. The van der Waals surface area contributed by atoms with Crippen molar-refractivity contribution in [3.05, 3.63) is 65.1 Å². The monoisotopic (exact) mass is 354 g/mol. The number of aryl methyl sites for hydroxylation is 2. The van der Waals surface area contributed by atoms with Gasteiger partial charge in [0.1, 0.15) is 17.3 Å². The summed E-state index contributed by atoms with van der Waals surface area (Å²) in [5.74, 6) is 0.262. The van der Waals surface area contributed by atoms with Gasteiger partial charge in [-0.15, -0.1) is 0 Å². The van der Waals surface area contributed by atoms with Crippen LogP contribution in [0, 0.1) is 12.7 Å². The Morgan fingerprint density at radius 2 is 1.96 bits per heavy atom. The van der Waals surface area contributed by atoms with Gasteiger partial charge >= 0.3 is 0 Å². The SMILES string of the molecule is CCOc1ccc2c(c1)c(C)c(C(=O)NCc1ccccc1F)n2CC. The summed E-state index contributed by atoms with van der Waals surface area (Å²) in [7, 11) is 0. The molecule has 0 saturated carbocycles. The van der Waals surface area contributed by atoms with Crippen LogP contribution in [0.1, 0.15) is 35.5 Å². The molecule has 0 fully saturated rings. The Bertz CT molecular complexity index is 947. The van der Waals surface area contributed by atoms with Crippen molar-refractivity contribution in [2.75, 3.05) is 6.61 Å². The molecule has 1 aromatic heterocycles. The molecule has 0 aliphatic carbocycles. The molecule has 3 rings (SSSR count).